The van der Waals surface area contributed by atoms with E-state index in [4.69, 9.17) is 0 Å². The van der Waals surface area contributed by atoms with Crippen molar-refractivity contribution in [3.05, 3.63) is 46.2 Å². The second-order valence-corrected chi connectivity index (χ2v) is 4.91. The predicted octanol–water partition coefficient (Wildman–Crippen LogP) is 3.45. The van der Waals surface area contributed by atoms with Crippen LogP contribution in [0.15, 0.2) is 34.8 Å². The average Bonchev–Trinajstić information content (AvgIpc) is 2.74. The first kappa shape index (κ1) is 14.6. The number of alkyl halides is 3. The van der Waals surface area contributed by atoms with Gasteiger partial charge in [-0.2, -0.15) is 18.3 Å². The topological polar surface area (TPSA) is 46.9 Å². The second kappa shape index (κ2) is 5.28. The number of aryl methyl sites for hydroxylation is 1. The minimum absolute atomic E-state index is 0.289. The van der Waals surface area contributed by atoms with Gasteiger partial charge in [-0.1, -0.05) is 15.9 Å². The molecule has 1 aromatic carbocycles. The van der Waals surface area contributed by atoms with E-state index in [-0.39, 0.29) is 5.69 Å². The standard InChI is InChI=1S/C12H9BrF3N3O/c1-19-10(12(14,15)16)6-9(18-19)11(20)17-8-4-2-7(13)3-5-8/h2-6H,1H3,(H,17,20). The van der Waals surface area contributed by atoms with Gasteiger partial charge in [-0.25, -0.2) is 0 Å². The van der Waals surface area contributed by atoms with Crippen LogP contribution in [0.5, 0.6) is 0 Å². The van der Waals surface area contributed by atoms with Crippen molar-refractivity contribution in [3.63, 3.8) is 0 Å². The Labute approximate surface area is 120 Å². The molecule has 8 heteroatoms. The number of carbonyl (C=O) groups excluding carboxylic acids is 1. The zero-order valence-electron chi connectivity index (χ0n) is 10.2. The van der Waals surface area contributed by atoms with Crippen molar-refractivity contribution in [1.82, 2.24) is 9.78 Å². The molecule has 0 saturated heterocycles. The maximum atomic E-state index is 12.6. The van der Waals surface area contributed by atoms with Crippen molar-refractivity contribution < 1.29 is 18.0 Å². The van der Waals surface area contributed by atoms with Gasteiger partial charge in [-0.15, -0.1) is 0 Å². The molecular weight excluding hydrogens is 339 g/mol. The van der Waals surface area contributed by atoms with Gasteiger partial charge in [0.1, 0.15) is 5.69 Å². The van der Waals surface area contributed by atoms with E-state index < -0.39 is 17.8 Å². The maximum absolute atomic E-state index is 12.6. The monoisotopic (exact) mass is 347 g/mol. The summed E-state index contributed by atoms with van der Waals surface area (Å²) in [6, 6.07) is 7.36. The summed E-state index contributed by atoms with van der Waals surface area (Å²) in [5.74, 6) is -0.696. The van der Waals surface area contributed by atoms with Crippen molar-refractivity contribution in [2.75, 3.05) is 5.32 Å². The van der Waals surface area contributed by atoms with E-state index in [1.165, 1.54) is 0 Å². The molecule has 0 aliphatic heterocycles. The minimum Gasteiger partial charge on any atom is -0.321 e. The van der Waals surface area contributed by atoms with Gasteiger partial charge in [-0.05, 0) is 24.3 Å². The number of halogens is 4. The highest BCUT2D eigenvalue weighted by Crippen LogP contribution is 2.29. The Morgan fingerprint density at radius 2 is 1.90 bits per heavy atom. The fourth-order valence-electron chi connectivity index (χ4n) is 1.57. The number of nitrogens with zero attached hydrogens (tertiary/aromatic N) is 2. The predicted molar refractivity (Wildman–Crippen MR) is 70.3 cm³/mol. The minimum atomic E-state index is -4.54. The summed E-state index contributed by atoms with van der Waals surface area (Å²) in [4.78, 5) is 11.8. The third-order valence-corrected chi connectivity index (χ3v) is 3.03. The van der Waals surface area contributed by atoms with Crippen LogP contribution in [0.4, 0.5) is 18.9 Å². The first-order valence-electron chi connectivity index (χ1n) is 5.45. The second-order valence-electron chi connectivity index (χ2n) is 4.00. The molecule has 0 saturated carbocycles. The van der Waals surface area contributed by atoms with E-state index in [2.05, 4.69) is 26.3 Å². The van der Waals surface area contributed by atoms with Gasteiger partial charge in [0.15, 0.2) is 5.69 Å². The van der Waals surface area contributed by atoms with Crippen molar-refractivity contribution in [3.8, 4) is 0 Å². The number of carbonyl (C=O) groups is 1. The van der Waals surface area contributed by atoms with Crippen LogP contribution in [0, 0.1) is 0 Å². The van der Waals surface area contributed by atoms with Gasteiger partial charge < -0.3 is 5.32 Å². The highest BCUT2D eigenvalue weighted by atomic mass is 79.9. The number of aromatic nitrogens is 2. The average molecular weight is 348 g/mol. The molecular formula is C12H9BrF3N3O. The van der Waals surface area contributed by atoms with E-state index in [0.717, 1.165) is 11.5 Å². The molecule has 4 nitrogen and oxygen atoms in total. The van der Waals surface area contributed by atoms with Gasteiger partial charge in [-0.3, -0.25) is 9.48 Å². The van der Waals surface area contributed by atoms with Gasteiger partial charge in [0.05, 0.1) is 0 Å². The van der Waals surface area contributed by atoms with Crippen LogP contribution < -0.4 is 5.32 Å². The lowest BCUT2D eigenvalue weighted by atomic mass is 10.3. The molecule has 0 bridgehead atoms. The summed E-state index contributed by atoms with van der Waals surface area (Å²) in [6.07, 6.45) is -4.54. The SMILES string of the molecule is Cn1nc(C(=O)Nc2ccc(Br)cc2)cc1C(F)(F)F. The lowest BCUT2D eigenvalue weighted by Crippen LogP contribution is -2.13. The third kappa shape index (κ3) is 3.19. The quantitative estimate of drug-likeness (QED) is 0.904. The summed E-state index contributed by atoms with van der Waals surface area (Å²) in [7, 11) is 1.14. The van der Waals surface area contributed by atoms with Crippen molar-refractivity contribution in [2.24, 2.45) is 7.05 Å². The largest absolute Gasteiger partial charge is 0.433 e. The summed E-state index contributed by atoms with van der Waals surface area (Å²) < 4.78 is 39.3. The molecule has 0 aliphatic rings. The highest BCUT2D eigenvalue weighted by Gasteiger charge is 2.35. The summed E-state index contributed by atoms with van der Waals surface area (Å²) >= 11 is 3.24. The first-order chi connectivity index (χ1) is 9.27. The number of hydrogen-bond donors (Lipinski definition) is 1. The van der Waals surface area contributed by atoms with Crippen LogP contribution >= 0.6 is 15.9 Å². The smallest absolute Gasteiger partial charge is 0.321 e. The number of amides is 1. The number of benzene rings is 1. The molecule has 20 heavy (non-hydrogen) atoms. The van der Waals surface area contributed by atoms with Gasteiger partial charge >= 0.3 is 6.18 Å². The molecule has 1 N–H and O–H groups in total. The van der Waals surface area contributed by atoms with Crippen molar-refractivity contribution >= 4 is 27.5 Å². The van der Waals surface area contributed by atoms with Crippen LogP contribution in [0.3, 0.4) is 0 Å². The molecule has 2 aromatic rings. The lowest BCUT2D eigenvalue weighted by molar-refractivity contribution is -0.143. The molecule has 0 spiro atoms. The van der Waals surface area contributed by atoms with Gasteiger partial charge in [0.25, 0.3) is 5.91 Å². The van der Waals surface area contributed by atoms with Crippen LogP contribution in [0.1, 0.15) is 16.2 Å². The molecule has 0 radical (unpaired) electrons. The van der Waals surface area contributed by atoms with E-state index >= 15 is 0 Å². The Hall–Kier alpha value is -1.83. The number of hydrogen-bond acceptors (Lipinski definition) is 2. The van der Waals surface area contributed by atoms with Crippen molar-refractivity contribution in [1.29, 1.82) is 0 Å². The van der Waals surface area contributed by atoms with E-state index in [9.17, 15) is 18.0 Å². The molecule has 0 fully saturated rings. The maximum Gasteiger partial charge on any atom is 0.433 e. The lowest BCUT2D eigenvalue weighted by Gasteiger charge is -2.04. The summed E-state index contributed by atoms with van der Waals surface area (Å²) in [5, 5.41) is 6.04. The third-order valence-electron chi connectivity index (χ3n) is 2.50. The first-order valence-corrected chi connectivity index (χ1v) is 6.25. The fraction of sp³-hybridized carbons (Fsp3) is 0.167. The number of rotatable bonds is 2. The van der Waals surface area contributed by atoms with Gasteiger partial charge in [0, 0.05) is 23.3 Å². The summed E-state index contributed by atoms with van der Waals surface area (Å²) in [6.45, 7) is 0. The molecule has 0 unspecified atom stereocenters. The Balaban J connectivity index is 2.20. The van der Waals surface area contributed by atoms with Crippen LogP contribution in [0.25, 0.3) is 0 Å². The zero-order valence-corrected chi connectivity index (χ0v) is 11.8. The van der Waals surface area contributed by atoms with Crippen LogP contribution in [0.2, 0.25) is 0 Å². The zero-order chi connectivity index (χ0) is 14.9. The highest BCUT2D eigenvalue weighted by molar-refractivity contribution is 9.10. The Kier molecular flexibility index (Phi) is 3.85. The Morgan fingerprint density at radius 3 is 2.40 bits per heavy atom. The molecule has 1 aromatic heterocycles. The normalized spacial score (nSPS) is 11.4. The molecule has 1 heterocycles. The number of nitrogens with one attached hydrogen (secondary N) is 1. The molecule has 2 rings (SSSR count). The molecule has 0 atom stereocenters. The van der Waals surface area contributed by atoms with Gasteiger partial charge in [0.2, 0.25) is 0 Å². The summed E-state index contributed by atoms with van der Waals surface area (Å²) in [5.41, 5.74) is -0.793. The van der Waals surface area contributed by atoms with E-state index in [1.54, 1.807) is 24.3 Å². The fourth-order valence-corrected chi connectivity index (χ4v) is 1.84. The van der Waals surface area contributed by atoms with E-state index in [0.29, 0.717) is 16.4 Å². The van der Waals surface area contributed by atoms with Crippen molar-refractivity contribution in [2.45, 2.75) is 6.18 Å². The molecule has 1 amide bonds. The Morgan fingerprint density at radius 1 is 1.30 bits per heavy atom. The van der Waals surface area contributed by atoms with E-state index in [1.807, 2.05) is 0 Å². The van der Waals surface area contributed by atoms with Crippen LogP contribution in [-0.2, 0) is 13.2 Å². The molecule has 106 valence electrons. The van der Waals surface area contributed by atoms with Crippen LogP contribution in [-0.4, -0.2) is 15.7 Å². The number of anilines is 1. The Bertz CT molecular complexity index is 634. The molecule has 0 aliphatic carbocycles.